The third-order valence-electron chi connectivity index (χ3n) is 4.74. The molecule has 1 aliphatic rings. The van der Waals surface area contributed by atoms with Crippen LogP contribution in [0.1, 0.15) is 11.1 Å². The van der Waals surface area contributed by atoms with Gasteiger partial charge in [0.25, 0.3) is 5.91 Å². The number of nitrogens with zero attached hydrogens (tertiary/aromatic N) is 2. The number of anilines is 1. The van der Waals surface area contributed by atoms with E-state index in [1.165, 1.54) is 29.6 Å². The highest BCUT2D eigenvalue weighted by atomic mass is 32.2. The fourth-order valence-corrected chi connectivity index (χ4v) is 4.45. The lowest BCUT2D eigenvalue weighted by Gasteiger charge is -2.26. The van der Waals surface area contributed by atoms with Crippen molar-refractivity contribution in [3.05, 3.63) is 47.5 Å². The molecule has 3 rings (SSSR count). The Balaban J connectivity index is 1.70. The normalized spacial score (nSPS) is 14.5. The second-order valence-electron chi connectivity index (χ2n) is 6.81. The van der Waals surface area contributed by atoms with Crippen molar-refractivity contribution in [2.24, 2.45) is 0 Å². The molecule has 0 unspecified atom stereocenters. The van der Waals surface area contributed by atoms with Gasteiger partial charge in [0.05, 0.1) is 36.9 Å². The first-order chi connectivity index (χ1) is 14.8. The molecule has 1 N–H and O–H groups in total. The average molecular weight is 445 g/mol. The Morgan fingerprint density at radius 2 is 1.94 bits per heavy atom. The first kappa shape index (κ1) is 22.6. The summed E-state index contributed by atoms with van der Waals surface area (Å²) in [5, 5.41) is 11.6. The summed E-state index contributed by atoms with van der Waals surface area (Å²) in [5.41, 5.74) is 1.50. The Morgan fingerprint density at radius 3 is 2.61 bits per heavy atom. The molecule has 1 amide bonds. The molecule has 2 aromatic rings. The number of aryl methyl sites for hydroxylation is 1. The van der Waals surface area contributed by atoms with Crippen molar-refractivity contribution >= 4 is 21.6 Å². The van der Waals surface area contributed by atoms with Gasteiger partial charge in [-0.2, -0.15) is 9.57 Å². The number of benzene rings is 2. The summed E-state index contributed by atoms with van der Waals surface area (Å²) in [6.45, 7) is 2.74. The first-order valence-corrected chi connectivity index (χ1v) is 11.0. The van der Waals surface area contributed by atoms with Gasteiger partial charge in [0.1, 0.15) is 0 Å². The van der Waals surface area contributed by atoms with Crippen LogP contribution in [0.5, 0.6) is 11.5 Å². The van der Waals surface area contributed by atoms with Crippen LogP contribution in [-0.4, -0.2) is 58.7 Å². The highest BCUT2D eigenvalue weighted by Crippen LogP contribution is 2.28. The van der Waals surface area contributed by atoms with E-state index in [-0.39, 0.29) is 24.6 Å². The van der Waals surface area contributed by atoms with Crippen LogP contribution in [0.15, 0.2) is 41.3 Å². The van der Waals surface area contributed by atoms with Crippen LogP contribution in [0, 0.1) is 18.3 Å². The summed E-state index contributed by atoms with van der Waals surface area (Å²) >= 11 is 0. The Labute approximate surface area is 181 Å². The minimum Gasteiger partial charge on any atom is -0.493 e. The van der Waals surface area contributed by atoms with Gasteiger partial charge in [-0.1, -0.05) is 6.07 Å². The maximum atomic E-state index is 12.9. The van der Waals surface area contributed by atoms with Crippen molar-refractivity contribution in [3.63, 3.8) is 0 Å². The first-order valence-electron chi connectivity index (χ1n) is 9.54. The predicted molar refractivity (Wildman–Crippen MR) is 113 cm³/mol. The summed E-state index contributed by atoms with van der Waals surface area (Å²) in [6.07, 6.45) is 0. The summed E-state index contributed by atoms with van der Waals surface area (Å²) in [4.78, 5) is 12.5. The van der Waals surface area contributed by atoms with Crippen molar-refractivity contribution < 1.29 is 27.4 Å². The number of carbonyl (C=O) groups excluding carboxylic acids is 1. The van der Waals surface area contributed by atoms with Crippen LogP contribution in [0.25, 0.3) is 0 Å². The van der Waals surface area contributed by atoms with E-state index < -0.39 is 15.9 Å². The van der Waals surface area contributed by atoms with E-state index in [9.17, 15) is 13.2 Å². The van der Waals surface area contributed by atoms with Gasteiger partial charge in [-0.25, -0.2) is 8.42 Å². The van der Waals surface area contributed by atoms with Gasteiger partial charge in [-0.3, -0.25) is 4.79 Å². The molecule has 1 aliphatic heterocycles. The zero-order valence-corrected chi connectivity index (χ0v) is 18.1. The lowest BCUT2D eigenvalue weighted by Crippen LogP contribution is -2.40. The van der Waals surface area contributed by atoms with Crippen molar-refractivity contribution in [1.82, 2.24) is 4.31 Å². The number of nitrogens with one attached hydrogen (secondary N) is 1. The van der Waals surface area contributed by atoms with Crippen LogP contribution in [0.2, 0.25) is 0 Å². The van der Waals surface area contributed by atoms with Crippen LogP contribution >= 0.6 is 0 Å². The number of ether oxygens (including phenoxy) is 3. The van der Waals surface area contributed by atoms with Gasteiger partial charge in [-0.05, 0) is 36.8 Å². The summed E-state index contributed by atoms with van der Waals surface area (Å²) in [7, 11) is -2.24. The molecule has 2 aromatic carbocycles. The van der Waals surface area contributed by atoms with Crippen LogP contribution in [0.3, 0.4) is 0 Å². The third-order valence-corrected chi connectivity index (χ3v) is 6.64. The SMILES string of the molecule is COc1cc(C#N)ccc1OCC(=O)Nc1cc(S(=O)(=O)N2CCOCC2)ccc1C. The minimum absolute atomic E-state index is 0.102. The monoisotopic (exact) mass is 445 g/mol. The molecular formula is C21H23N3O6S. The second kappa shape index (κ2) is 9.78. The number of morpholine rings is 1. The molecule has 0 bridgehead atoms. The van der Waals surface area contributed by atoms with E-state index in [0.717, 1.165) is 0 Å². The number of rotatable bonds is 7. The molecule has 9 nitrogen and oxygen atoms in total. The van der Waals surface area contributed by atoms with Gasteiger partial charge in [0, 0.05) is 24.8 Å². The molecule has 0 aliphatic carbocycles. The number of carbonyl (C=O) groups is 1. The third kappa shape index (κ3) is 5.32. The van der Waals surface area contributed by atoms with E-state index in [1.54, 1.807) is 25.1 Å². The van der Waals surface area contributed by atoms with Crippen molar-refractivity contribution in [2.75, 3.05) is 45.3 Å². The topological polar surface area (TPSA) is 118 Å². The summed E-state index contributed by atoms with van der Waals surface area (Å²) in [6, 6.07) is 11.2. The number of amides is 1. The van der Waals surface area contributed by atoms with E-state index in [0.29, 0.717) is 41.5 Å². The summed E-state index contributed by atoms with van der Waals surface area (Å²) in [5.74, 6) is 0.189. The number of nitriles is 1. The molecule has 10 heteroatoms. The minimum atomic E-state index is -3.68. The zero-order valence-electron chi connectivity index (χ0n) is 17.3. The number of methoxy groups -OCH3 is 1. The van der Waals surface area contributed by atoms with Gasteiger partial charge in [-0.15, -0.1) is 0 Å². The van der Waals surface area contributed by atoms with Crippen molar-refractivity contribution in [2.45, 2.75) is 11.8 Å². The lowest BCUT2D eigenvalue weighted by atomic mass is 10.2. The zero-order chi connectivity index (χ0) is 22.4. The number of hydrogen-bond acceptors (Lipinski definition) is 7. The number of hydrogen-bond donors (Lipinski definition) is 1. The van der Waals surface area contributed by atoms with Crippen molar-refractivity contribution in [1.29, 1.82) is 5.26 Å². The van der Waals surface area contributed by atoms with Crippen LogP contribution in [-0.2, 0) is 19.6 Å². The molecule has 1 saturated heterocycles. The standard InChI is InChI=1S/C21H23N3O6S/c1-15-3-5-17(31(26,27)24-7-9-29-10-8-24)12-18(15)23-21(25)14-30-19-6-4-16(13-22)11-20(19)28-2/h3-6,11-12H,7-10,14H2,1-2H3,(H,23,25). The molecule has 0 aromatic heterocycles. The quantitative estimate of drug-likeness (QED) is 0.692. The van der Waals surface area contributed by atoms with E-state index >= 15 is 0 Å². The maximum absolute atomic E-state index is 12.9. The van der Waals surface area contributed by atoms with E-state index in [2.05, 4.69) is 5.32 Å². The molecule has 0 atom stereocenters. The highest BCUT2D eigenvalue weighted by Gasteiger charge is 2.27. The van der Waals surface area contributed by atoms with Crippen LogP contribution in [0.4, 0.5) is 5.69 Å². The Kier molecular flexibility index (Phi) is 7.12. The molecule has 0 saturated carbocycles. The molecule has 0 spiro atoms. The Morgan fingerprint density at radius 1 is 1.19 bits per heavy atom. The van der Waals surface area contributed by atoms with Gasteiger partial charge in [0.15, 0.2) is 18.1 Å². The molecule has 1 heterocycles. The molecule has 31 heavy (non-hydrogen) atoms. The highest BCUT2D eigenvalue weighted by molar-refractivity contribution is 7.89. The molecule has 1 fully saturated rings. The fourth-order valence-electron chi connectivity index (χ4n) is 3.02. The predicted octanol–water partition coefficient (Wildman–Crippen LogP) is 1.91. The fraction of sp³-hybridized carbons (Fsp3) is 0.333. The van der Waals surface area contributed by atoms with E-state index in [4.69, 9.17) is 19.5 Å². The smallest absolute Gasteiger partial charge is 0.262 e. The molecular weight excluding hydrogens is 422 g/mol. The van der Waals surface area contributed by atoms with E-state index in [1.807, 2.05) is 6.07 Å². The number of sulfonamides is 1. The van der Waals surface area contributed by atoms with Gasteiger partial charge >= 0.3 is 0 Å². The Bertz CT molecular complexity index is 1100. The van der Waals surface area contributed by atoms with Gasteiger partial charge in [0.2, 0.25) is 10.0 Å². The Hall–Kier alpha value is -3.13. The van der Waals surface area contributed by atoms with Crippen LogP contribution < -0.4 is 14.8 Å². The maximum Gasteiger partial charge on any atom is 0.262 e. The largest absolute Gasteiger partial charge is 0.493 e. The second-order valence-corrected chi connectivity index (χ2v) is 8.75. The average Bonchev–Trinajstić information content (AvgIpc) is 2.79. The molecule has 164 valence electrons. The summed E-state index contributed by atoms with van der Waals surface area (Å²) < 4.78 is 43.0. The lowest BCUT2D eigenvalue weighted by molar-refractivity contribution is -0.118. The van der Waals surface area contributed by atoms with Gasteiger partial charge < -0.3 is 19.5 Å². The molecule has 0 radical (unpaired) electrons. The van der Waals surface area contributed by atoms with Crippen molar-refractivity contribution in [3.8, 4) is 17.6 Å².